The molecule has 1 N–H and O–H groups in total. The van der Waals surface area contributed by atoms with Crippen LogP contribution in [0.3, 0.4) is 0 Å². The Labute approximate surface area is 266 Å². The number of carbonyl (C=O) groups excluding carboxylic acids is 3. The van der Waals surface area contributed by atoms with Crippen molar-refractivity contribution in [2.45, 2.75) is 63.9 Å². The first-order valence-corrected chi connectivity index (χ1v) is 16.4. The Morgan fingerprint density at radius 1 is 1.07 bits per heavy atom. The molecule has 0 spiro atoms. The molecule has 2 aromatic rings. The summed E-state index contributed by atoms with van der Waals surface area (Å²) in [6.07, 6.45) is 0.399. The summed E-state index contributed by atoms with van der Waals surface area (Å²) in [6.45, 7) is 8.56. The van der Waals surface area contributed by atoms with Crippen molar-refractivity contribution in [3.63, 3.8) is 0 Å². The average molecular weight is 664 g/mol. The maximum Gasteiger partial charge on any atom is 0.289 e. The molecule has 15 heteroatoms. The first-order valence-electron chi connectivity index (χ1n) is 15.0. The van der Waals surface area contributed by atoms with Gasteiger partial charge in [-0.1, -0.05) is 39.0 Å². The Balaban J connectivity index is 1.61. The van der Waals surface area contributed by atoms with Gasteiger partial charge in [-0.05, 0) is 36.5 Å². The molecule has 0 radical (unpaired) electrons. The fraction of sp³-hybridized carbons (Fsp3) is 0.516. The summed E-state index contributed by atoms with van der Waals surface area (Å²) < 4.78 is 57.3. The Morgan fingerprint density at radius 3 is 2.33 bits per heavy atom. The number of nitro groups is 1. The molecule has 4 rings (SSSR count). The van der Waals surface area contributed by atoms with Gasteiger partial charge < -0.3 is 15.1 Å². The van der Waals surface area contributed by atoms with Gasteiger partial charge in [-0.25, -0.2) is 17.2 Å². The number of sulfonamides is 1. The summed E-state index contributed by atoms with van der Waals surface area (Å²) in [6, 6.07) is 6.42. The number of benzene rings is 2. The Morgan fingerprint density at radius 2 is 1.74 bits per heavy atom. The van der Waals surface area contributed by atoms with Crippen molar-refractivity contribution in [3.8, 4) is 0 Å². The highest BCUT2D eigenvalue weighted by atomic mass is 32.2. The van der Waals surface area contributed by atoms with E-state index in [2.05, 4.69) is 5.32 Å². The van der Waals surface area contributed by atoms with Crippen molar-refractivity contribution < 1.29 is 36.5 Å². The number of amides is 3. The number of carbonyl (C=O) groups is 3. The average Bonchev–Trinajstić information content (AvgIpc) is 3.41. The summed E-state index contributed by atoms with van der Waals surface area (Å²) in [7, 11) is -4.50. The van der Waals surface area contributed by atoms with Gasteiger partial charge in [-0.15, -0.1) is 0 Å². The third-order valence-corrected chi connectivity index (χ3v) is 10.2. The van der Waals surface area contributed by atoms with E-state index in [1.54, 1.807) is 11.8 Å². The van der Waals surface area contributed by atoms with Crippen LogP contribution in [0.15, 0.2) is 47.4 Å². The lowest BCUT2D eigenvalue weighted by Gasteiger charge is -2.42. The molecule has 0 unspecified atom stereocenters. The fourth-order valence-corrected chi connectivity index (χ4v) is 7.92. The third kappa shape index (κ3) is 7.52. The summed E-state index contributed by atoms with van der Waals surface area (Å²) in [5.74, 6) is -5.02. The summed E-state index contributed by atoms with van der Waals surface area (Å²) in [4.78, 5) is 52.8. The molecule has 4 atom stereocenters. The predicted octanol–water partition coefficient (Wildman–Crippen LogP) is 3.28. The topological polar surface area (TPSA) is 150 Å². The Hall–Kier alpha value is -3.98. The maximum atomic E-state index is 15.1. The molecule has 0 bridgehead atoms. The van der Waals surface area contributed by atoms with Crippen molar-refractivity contribution in [1.82, 2.24) is 19.4 Å². The minimum atomic E-state index is -4.50. The summed E-state index contributed by atoms with van der Waals surface area (Å²) >= 11 is 0. The van der Waals surface area contributed by atoms with E-state index in [4.69, 9.17) is 0 Å². The lowest BCUT2D eigenvalue weighted by atomic mass is 9.86. The van der Waals surface area contributed by atoms with Crippen LogP contribution >= 0.6 is 0 Å². The molecule has 0 aliphatic carbocycles. The second-order valence-corrected chi connectivity index (χ2v) is 15.0. The Bertz CT molecular complexity index is 1630. The fourth-order valence-electron chi connectivity index (χ4n) is 6.27. The molecular formula is C31H39F2N5O7S. The van der Waals surface area contributed by atoms with E-state index in [9.17, 15) is 37.3 Å². The van der Waals surface area contributed by atoms with Crippen molar-refractivity contribution >= 4 is 33.4 Å². The molecule has 2 saturated heterocycles. The lowest BCUT2D eigenvalue weighted by molar-refractivity contribution is -0.387. The van der Waals surface area contributed by atoms with Gasteiger partial charge in [-0.2, -0.15) is 4.31 Å². The van der Waals surface area contributed by atoms with Gasteiger partial charge in [-0.3, -0.25) is 24.5 Å². The summed E-state index contributed by atoms with van der Waals surface area (Å²) in [5.41, 5.74) is -0.951. The van der Waals surface area contributed by atoms with Crippen molar-refractivity contribution in [2.75, 3.05) is 32.7 Å². The molecule has 250 valence electrons. The quantitative estimate of drug-likeness (QED) is 0.337. The largest absolute Gasteiger partial charge is 0.345 e. The number of nitrogens with zero attached hydrogens (tertiary/aromatic N) is 4. The number of nitro benzene ring substituents is 1. The minimum Gasteiger partial charge on any atom is -0.345 e. The predicted molar refractivity (Wildman–Crippen MR) is 164 cm³/mol. The number of piperazine rings is 1. The van der Waals surface area contributed by atoms with Crippen LogP contribution in [0.4, 0.5) is 14.5 Å². The van der Waals surface area contributed by atoms with Gasteiger partial charge in [0.2, 0.25) is 27.7 Å². The van der Waals surface area contributed by atoms with Gasteiger partial charge in [0, 0.05) is 63.7 Å². The highest BCUT2D eigenvalue weighted by Gasteiger charge is 2.48. The van der Waals surface area contributed by atoms with E-state index < -0.39 is 73.5 Å². The van der Waals surface area contributed by atoms with Crippen LogP contribution in [0.5, 0.6) is 0 Å². The van der Waals surface area contributed by atoms with Crippen LogP contribution in [0.1, 0.15) is 52.5 Å². The smallest absolute Gasteiger partial charge is 0.289 e. The number of hydrogen-bond donors (Lipinski definition) is 1. The zero-order valence-corrected chi connectivity index (χ0v) is 27.2. The molecule has 2 aliphatic heterocycles. The number of para-hydroxylation sites is 1. The lowest BCUT2D eigenvalue weighted by Crippen LogP contribution is -2.60. The molecule has 46 heavy (non-hydrogen) atoms. The van der Waals surface area contributed by atoms with E-state index in [-0.39, 0.29) is 49.0 Å². The number of halogens is 2. The van der Waals surface area contributed by atoms with Gasteiger partial charge in [0.05, 0.1) is 10.8 Å². The van der Waals surface area contributed by atoms with E-state index in [0.29, 0.717) is 12.5 Å². The van der Waals surface area contributed by atoms with E-state index in [0.717, 1.165) is 22.5 Å². The number of rotatable bonds is 8. The second kappa shape index (κ2) is 13.4. The third-order valence-electron chi connectivity index (χ3n) is 8.36. The maximum absolute atomic E-state index is 15.1. The van der Waals surface area contributed by atoms with Gasteiger partial charge >= 0.3 is 0 Å². The molecular weight excluding hydrogens is 624 g/mol. The van der Waals surface area contributed by atoms with Crippen LogP contribution in [0.25, 0.3) is 0 Å². The highest BCUT2D eigenvalue weighted by Crippen LogP contribution is 2.40. The molecule has 0 aromatic heterocycles. The van der Waals surface area contributed by atoms with Gasteiger partial charge in [0.15, 0.2) is 4.90 Å². The summed E-state index contributed by atoms with van der Waals surface area (Å²) in [5, 5.41) is 14.4. The molecule has 2 fully saturated rings. The zero-order chi connectivity index (χ0) is 34.1. The van der Waals surface area contributed by atoms with Crippen LogP contribution in [-0.4, -0.2) is 90.0 Å². The van der Waals surface area contributed by atoms with Gasteiger partial charge in [0.1, 0.15) is 17.7 Å². The van der Waals surface area contributed by atoms with Crippen molar-refractivity contribution in [2.24, 2.45) is 11.3 Å². The van der Waals surface area contributed by atoms with E-state index in [1.165, 1.54) is 30.0 Å². The normalized spacial score (nSPS) is 21.6. The van der Waals surface area contributed by atoms with Crippen molar-refractivity contribution in [1.29, 1.82) is 0 Å². The molecule has 2 heterocycles. The van der Waals surface area contributed by atoms with Crippen LogP contribution < -0.4 is 5.32 Å². The van der Waals surface area contributed by atoms with Gasteiger partial charge in [0.25, 0.3) is 5.69 Å². The zero-order valence-electron chi connectivity index (χ0n) is 26.4. The first kappa shape index (κ1) is 34.9. The Kier molecular flexibility index (Phi) is 10.2. The molecule has 0 saturated carbocycles. The number of nitrogens with one attached hydrogen (secondary N) is 1. The van der Waals surface area contributed by atoms with Crippen molar-refractivity contribution in [3.05, 3.63) is 69.8 Å². The molecule has 2 aromatic carbocycles. The van der Waals surface area contributed by atoms with E-state index >= 15 is 4.39 Å². The van der Waals surface area contributed by atoms with Crippen LogP contribution in [-0.2, 0) is 24.4 Å². The SMILES string of the molecule is CC(=O)N[C@@H](CC(C)(C)C)C(=O)N1CCN(C(=O)[C@@H]2CN(S(=O)(=O)c3ccccc3[N+](=O)[O-])C[C@H]2c2ccc(F)cc2F)[C@@H](C)C1. The minimum absolute atomic E-state index is 0.0539. The standard InChI is InChI=1S/C31H39F2N5O7S/c1-19-16-35(30(41)26(34-20(2)39)15-31(3,4)5)12-13-37(19)29(40)24-18-36(17-23(24)22-11-10-21(32)14-25(22)33)46(44,45)28-9-7-6-8-27(28)38(42)43/h6-11,14,19,23-24,26H,12-13,15-18H2,1-5H3,(H,34,39)/t19-,23-,24+,26-/m0/s1. The first-order chi connectivity index (χ1) is 21.4. The van der Waals surface area contributed by atoms with E-state index in [1.807, 2.05) is 20.8 Å². The van der Waals surface area contributed by atoms with Crippen LogP contribution in [0, 0.1) is 33.1 Å². The molecule has 3 amide bonds. The monoisotopic (exact) mass is 663 g/mol. The van der Waals surface area contributed by atoms with Crippen LogP contribution in [0.2, 0.25) is 0 Å². The molecule has 12 nitrogen and oxygen atoms in total. The highest BCUT2D eigenvalue weighted by molar-refractivity contribution is 7.89. The molecule has 2 aliphatic rings. The second-order valence-electron chi connectivity index (χ2n) is 13.1. The number of hydrogen-bond acceptors (Lipinski definition) is 7.